The van der Waals surface area contributed by atoms with Crippen molar-refractivity contribution in [1.29, 1.82) is 0 Å². The van der Waals surface area contributed by atoms with Crippen molar-refractivity contribution in [3.63, 3.8) is 0 Å². The van der Waals surface area contributed by atoms with Crippen LogP contribution in [0.5, 0.6) is 5.75 Å². The van der Waals surface area contributed by atoms with Crippen LogP contribution in [0.15, 0.2) is 36.4 Å². The van der Waals surface area contributed by atoms with Crippen LogP contribution in [0.2, 0.25) is 0 Å². The molecule has 1 nitrogen and oxygen atoms in total. The summed E-state index contributed by atoms with van der Waals surface area (Å²) in [5, 5.41) is 2.56. The molecule has 0 aliphatic heterocycles. The summed E-state index contributed by atoms with van der Waals surface area (Å²) >= 11 is 0.890. The van der Waals surface area contributed by atoms with Crippen LogP contribution in [0.4, 0.5) is 0 Å². The third kappa shape index (κ3) is 2.39. The standard InChI is InChI=1S/C11H9O.Cd.ClH/c1-12-11-7-6-9-4-2-3-5-10(9)8-11;;/h3-8H,1H3;;1H/q;+1;/p-1. The summed E-state index contributed by atoms with van der Waals surface area (Å²) in [5.41, 5.74) is 0. The zero-order valence-electron chi connectivity index (χ0n) is 7.96. The van der Waals surface area contributed by atoms with Gasteiger partial charge < -0.3 is 12.4 Å². The van der Waals surface area contributed by atoms with E-state index in [0.29, 0.717) is 0 Å². The average molecular weight is 305 g/mol. The second-order valence-corrected chi connectivity index (χ2v) is 5.38. The van der Waals surface area contributed by atoms with Crippen molar-refractivity contribution in [3.05, 3.63) is 36.4 Å². The molecule has 0 heterocycles. The fraction of sp³-hybridized carbons (Fsp3) is 0.0909. The van der Waals surface area contributed by atoms with Crippen molar-refractivity contribution >= 4 is 13.9 Å². The van der Waals surface area contributed by atoms with Crippen molar-refractivity contribution in [2.45, 2.75) is 0 Å². The minimum atomic E-state index is 0. The van der Waals surface area contributed by atoms with Crippen molar-refractivity contribution in [2.75, 3.05) is 7.11 Å². The van der Waals surface area contributed by atoms with Gasteiger partial charge in [-0.05, 0) is 0 Å². The van der Waals surface area contributed by atoms with Gasteiger partial charge in [0.2, 0.25) is 0 Å². The molecular formula is C11H9CdClO. The number of rotatable bonds is 1. The molecule has 0 unspecified atom stereocenters. The van der Waals surface area contributed by atoms with E-state index >= 15 is 0 Å². The smallest absolute Gasteiger partial charge is 1.00 e. The molecule has 0 N–H and O–H groups in total. The van der Waals surface area contributed by atoms with E-state index in [9.17, 15) is 0 Å². The third-order valence-electron chi connectivity index (χ3n) is 2.11. The van der Waals surface area contributed by atoms with Gasteiger partial charge in [-0.1, -0.05) is 0 Å². The first-order chi connectivity index (χ1) is 6.29. The summed E-state index contributed by atoms with van der Waals surface area (Å²) in [6.07, 6.45) is 0. The molecule has 0 aliphatic carbocycles. The van der Waals surface area contributed by atoms with Crippen molar-refractivity contribution < 1.29 is 42.9 Å². The molecule has 0 radical (unpaired) electrons. The summed E-state index contributed by atoms with van der Waals surface area (Å²) in [7, 11) is 1.70. The molecule has 0 atom stereocenters. The first-order valence-electron chi connectivity index (χ1n) is 4.19. The molecule has 0 amide bonds. The van der Waals surface area contributed by atoms with Crippen LogP contribution in [-0.2, 0) is 25.8 Å². The summed E-state index contributed by atoms with van der Waals surface area (Å²) < 4.78 is 6.62. The topological polar surface area (TPSA) is 9.23 Å². The molecule has 2 aromatic rings. The average Bonchev–Trinajstić information content (AvgIpc) is 2.17. The van der Waals surface area contributed by atoms with E-state index in [4.69, 9.17) is 4.74 Å². The predicted octanol–water partition coefficient (Wildman–Crippen LogP) is -0.976. The van der Waals surface area contributed by atoms with E-state index < -0.39 is 0 Å². The van der Waals surface area contributed by atoms with Gasteiger partial charge in [-0.2, -0.15) is 0 Å². The van der Waals surface area contributed by atoms with Gasteiger partial charge in [0.15, 0.2) is 0 Å². The fourth-order valence-electron chi connectivity index (χ4n) is 1.40. The van der Waals surface area contributed by atoms with Crippen LogP contribution in [0, 0.1) is 0 Å². The molecule has 0 spiro atoms. The molecule has 68 valence electrons. The number of methoxy groups -OCH3 is 1. The van der Waals surface area contributed by atoms with Crippen LogP contribution in [0.25, 0.3) is 10.8 Å². The Morgan fingerprint density at radius 2 is 1.64 bits per heavy atom. The second kappa shape index (κ2) is 4.98. The maximum atomic E-state index is 5.16. The van der Waals surface area contributed by atoms with Crippen LogP contribution >= 0.6 is 0 Å². The molecule has 0 aliphatic rings. The molecule has 14 heavy (non-hydrogen) atoms. The molecule has 3 heteroatoms. The fourth-order valence-corrected chi connectivity index (χ4v) is 2.36. The zero-order chi connectivity index (χ0) is 9.26. The molecule has 0 saturated heterocycles. The summed E-state index contributed by atoms with van der Waals surface area (Å²) in [6, 6.07) is 12.8. The summed E-state index contributed by atoms with van der Waals surface area (Å²) in [5.74, 6) is 0.927. The Bertz CT molecular complexity index is 442. The first-order valence-corrected chi connectivity index (χ1v) is 6.21. The monoisotopic (exact) mass is 306 g/mol. The SMILES string of the molecule is COc1ccc2c[c]([Cd+])ccc2c1.[Cl-]. The molecule has 2 rings (SSSR count). The van der Waals surface area contributed by atoms with Crippen LogP contribution in [-0.4, -0.2) is 7.11 Å². The van der Waals surface area contributed by atoms with Crippen molar-refractivity contribution in [1.82, 2.24) is 0 Å². The number of hydrogen-bond acceptors (Lipinski definition) is 1. The van der Waals surface area contributed by atoms with E-state index in [1.807, 2.05) is 6.07 Å². The van der Waals surface area contributed by atoms with Gasteiger partial charge in [-0.15, -0.1) is 0 Å². The van der Waals surface area contributed by atoms with E-state index in [2.05, 4.69) is 30.3 Å². The van der Waals surface area contributed by atoms with Crippen LogP contribution < -0.4 is 20.3 Å². The van der Waals surface area contributed by atoms with Gasteiger partial charge >= 0.3 is 93.7 Å². The van der Waals surface area contributed by atoms with Gasteiger partial charge in [0.25, 0.3) is 0 Å². The second-order valence-electron chi connectivity index (χ2n) is 3.05. The van der Waals surface area contributed by atoms with Crippen LogP contribution in [0.1, 0.15) is 0 Å². The Balaban J connectivity index is 0.000000980. The maximum Gasteiger partial charge on any atom is -1.00 e. The molecule has 0 fully saturated rings. The zero-order valence-corrected chi connectivity index (χ0v) is 12.7. The van der Waals surface area contributed by atoms with Gasteiger partial charge in [-0.3, -0.25) is 0 Å². The third-order valence-corrected chi connectivity index (χ3v) is 3.37. The Kier molecular flexibility index (Phi) is 4.19. The number of benzene rings is 2. The first kappa shape index (κ1) is 11.8. The Labute approximate surface area is 106 Å². The number of hydrogen-bond donors (Lipinski definition) is 0. The number of halogens is 1. The van der Waals surface area contributed by atoms with Gasteiger partial charge in [0, 0.05) is 0 Å². The summed E-state index contributed by atoms with van der Waals surface area (Å²) in [6.45, 7) is 0. The molecule has 0 saturated carbocycles. The van der Waals surface area contributed by atoms with E-state index in [1.165, 1.54) is 13.9 Å². The van der Waals surface area contributed by atoms with E-state index in [0.717, 1.165) is 31.5 Å². The largest absolute Gasteiger partial charge is 1.00 e. The van der Waals surface area contributed by atoms with Crippen LogP contribution in [0.3, 0.4) is 0 Å². The van der Waals surface area contributed by atoms with Gasteiger partial charge in [-0.25, -0.2) is 0 Å². The maximum absolute atomic E-state index is 5.16. The minimum absolute atomic E-state index is 0. The number of ether oxygens (including phenoxy) is 1. The van der Waals surface area contributed by atoms with Crippen molar-refractivity contribution in [2.24, 2.45) is 0 Å². The van der Waals surface area contributed by atoms with E-state index in [1.54, 1.807) is 7.11 Å². The molecule has 2 aromatic carbocycles. The Hall–Kier alpha value is -0.288. The Morgan fingerprint density at radius 1 is 1.00 bits per heavy atom. The predicted molar refractivity (Wildman–Crippen MR) is 50.1 cm³/mol. The summed E-state index contributed by atoms with van der Waals surface area (Å²) in [4.78, 5) is 0. The van der Waals surface area contributed by atoms with E-state index in [-0.39, 0.29) is 12.4 Å². The minimum Gasteiger partial charge on any atom is -1.00 e. The normalized spacial score (nSPS) is 9.64. The van der Waals surface area contributed by atoms with Gasteiger partial charge in [0.05, 0.1) is 0 Å². The molecular weight excluding hydrogens is 296 g/mol. The molecule has 0 bridgehead atoms. The van der Waals surface area contributed by atoms with Crippen molar-refractivity contribution in [3.8, 4) is 5.75 Å². The molecule has 0 aromatic heterocycles. The Morgan fingerprint density at radius 3 is 2.36 bits per heavy atom. The van der Waals surface area contributed by atoms with Gasteiger partial charge in [0.1, 0.15) is 0 Å². The number of fused-ring (bicyclic) bond motifs is 1. The quantitative estimate of drug-likeness (QED) is 0.616.